The maximum Gasteiger partial charge on any atom is 0.253 e. The van der Waals surface area contributed by atoms with E-state index in [1.54, 1.807) is 41.4 Å². The first kappa shape index (κ1) is 22.9. The number of benzene rings is 1. The number of carbonyl (C=O) groups is 1. The number of hydrogen-bond acceptors (Lipinski definition) is 5. The van der Waals surface area contributed by atoms with Gasteiger partial charge in [0.1, 0.15) is 5.82 Å². The minimum atomic E-state index is -0.186. The van der Waals surface area contributed by atoms with Crippen molar-refractivity contribution in [2.24, 2.45) is 0 Å². The average Bonchev–Trinajstić information content (AvgIpc) is 2.81. The molecule has 3 heterocycles. The molecule has 0 spiro atoms. The molecule has 0 aliphatic carbocycles. The van der Waals surface area contributed by atoms with E-state index in [1.165, 1.54) is 0 Å². The van der Waals surface area contributed by atoms with E-state index in [0.717, 1.165) is 33.5 Å². The number of nitrogen functional groups attached to an aromatic ring is 1. The summed E-state index contributed by atoms with van der Waals surface area (Å²) in [7, 11) is 0. The Morgan fingerprint density at radius 2 is 1.76 bits per heavy atom. The molecule has 0 bridgehead atoms. The van der Waals surface area contributed by atoms with E-state index in [4.69, 9.17) is 5.73 Å². The van der Waals surface area contributed by atoms with Gasteiger partial charge in [-0.05, 0) is 66.3 Å². The van der Waals surface area contributed by atoms with Crippen LogP contribution in [0.2, 0.25) is 0 Å². The van der Waals surface area contributed by atoms with E-state index >= 15 is 0 Å². The predicted octanol–water partition coefficient (Wildman–Crippen LogP) is 3.41. The van der Waals surface area contributed by atoms with Crippen LogP contribution in [0.4, 0.5) is 5.82 Å². The monoisotopic (exact) mass is 453 g/mol. The number of anilines is 1. The first-order valence-corrected chi connectivity index (χ1v) is 11.1. The van der Waals surface area contributed by atoms with Crippen LogP contribution in [-0.2, 0) is 19.5 Å². The molecule has 0 saturated heterocycles. The lowest BCUT2D eigenvalue weighted by molar-refractivity contribution is 0.0950. The number of pyridine rings is 3. The SMILES string of the molecule is Cc1cc(N)nc(C)c1CNC(=O)c1cncc(Cc2ccc(Cn3ccccc3=O)cc2)c1. The van der Waals surface area contributed by atoms with Crippen molar-refractivity contribution in [3.63, 3.8) is 0 Å². The highest BCUT2D eigenvalue weighted by atomic mass is 16.1. The number of nitrogens with two attached hydrogens (primary N) is 1. The molecule has 7 heteroatoms. The highest BCUT2D eigenvalue weighted by Crippen LogP contribution is 2.15. The molecule has 3 N–H and O–H groups in total. The van der Waals surface area contributed by atoms with Crippen molar-refractivity contribution in [3.05, 3.63) is 123 Å². The Kier molecular flexibility index (Phi) is 6.82. The third-order valence-electron chi connectivity index (χ3n) is 5.74. The molecule has 0 atom stereocenters. The third kappa shape index (κ3) is 5.56. The number of carbonyl (C=O) groups excluding carboxylic acids is 1. The summed E-state index contributed by atoms with van der Waals surface area (Å²) in [6.45, 7) is 4.74. The lowest BCUT2D eigenvalue weighted by Crippen LogP contribution is -2.24. The van der Waals surface area contributed by atoms with E-state index < -0.39 is 0 Å². The third-order valence-corrected chi connectivity index (χ3v) is 5.74. The lowest BCUT2D eigenvalue weighted by Gasteiger charge is -2.12. The molecule has 34 heavy (non-hydrogen) atoms. The van der Waals surface area contributed by atoms with Gasteiger partial charge in [-0.15, -0.1) is 0 Å². The molecule has 7 nitrogen and oxygen atoms in total. The number of nitrogens with one attached hydrogen (secondary N) is 1. The summed E-state index contributed by atoms with van der Waals surface area (Å²) in [6, 6.07) is 16.9. The first-order chi connectivity index (χ1) is 16.4. The molecule has 4 rings (SSSR count). The molecule has 0 saturated carbocycles. The Labute approximate surface area is 198 Å². The Balaban J connectivity index is 1.40. The van der Waals surface area contributed by atoms with Gasteiger partial charge >= 0.3 is 0 Å². The van der Waals surface area contributed by atoms with Gasteiger partial charge in [-0.3, -0.25) is 14.6 Å². The zero-order valence-electron chi connectivity index (χ0n) is 19.3. The summed E-state index contributed by atoms with van der Waals surface area (Å²) in [5.41, 5.74) is 12.1. The fourth-order valence-corrected chi connectivity index (χ4v) is 3.92. The van der Waals surface area contributed by atoms with Crippen LogP contribution >= 0.6 is 0 Å². The second-order valence-electron chi connectivity index (χ2n) is 8.35. The zero-order valence-corrected chi connectivity index (χ0v) is 19.3. The highest BCUT2D eigenvalue weighted by Gasteiger charge is 2.11. The predicted molar refractivity (Wildman–Crippen MR) is 133 cm³/mol. The topological polar surface area (TPSA) is 103 Å². The Hall–Kier alpha value is -4.26. The van der Waals surface area contributed by atoms with Gasteiger partial charge in [0.15, 0.2) is 0 Å². The maximum absolute atomic E-state index is 12.7. The Bertz CT molecular complexity index is 1350. The first-order valence-electron chi connectivity index (χ1n) is 11.1. The second-order valence-corrected chi connectivity index (χ2v) is 8.35. The maximum atomic E-state index is 12.7. The van der Waals surface area contributed by atoms with Crippen LogP contribution < -0.4 is 16.6 Å². The van der Waals surface area contributed by atoms with Gasteiger partial charge in [0, 0.05) is 36.9 Å². The normalized spacial score (nSPS) is 10.8. The van der Waals surface area contributed by atoms with Crippen molar-refractivity contribution in [1.29, 1.82) is 0 Å². The molecular weight excluding hydrogens is 426 g/mol. The van der Waals surface area contributed by atoms with Crippen molar-refractivity contribution in [2.75, 3.05) is 5.73 Å². The van der Waals surface area contributed by atoms with Gasteiger partial charge in [0.2, 0.25) is 0 Å². The quantitative estimate of drug-likeness (QED) is 0.446. The lowest BCUT2D eigenvalue weighted by atomic mass is 10.0. The van der Waals surface area contributed by atoms with Crippen LogP contribution in [0.15, 0.2) is 78.0 Å². The van der Waals surface area contributed by atoms with Crippen molar-refractivity contribution < 1.29 is 4.79 Å². The Morgan fingerprint density at radius 1 is 1.00 bits per heavy atom. The molecule has 172 valence electrons. The van der Waals surface area contributed by atoms with Crippen LogP contribution in [0.1, 0.15) is 43.9 Å². The minimum absolute atomic E-state index is 0.0225. The van der Waals surface area contributed by atoms with Crippen molar-refractivity contribution in [2.45, 2.75) is 33.4 Å². The van der Waals surface area contributed by atoms with Crippen LogP contribution in [-0.4, -0.2) is 20.4 Å². The van der Waals surface area contributed by atoms with Crippen LogP contribution in [0.3, 0.4) is 0 Å². The summed E-state index contributed by atoms with van der Waals surface area (Å²) in [5.74, 6) is 0.289. The van der Waals surface area contributed by atoms with Crippen molar-refractivity contribution in [1.82, 2.24) is 19.9 Å². The van der Waals surface area contributed by atoms with Crippen LogP contribution in [0.5, 0.6) is 0 Å². The summed E-state index contributed by atoms with van der Waals surface area (Å²) in [4.78, 5) is 33.2. The van der Waals surface area contributed by atoms with Crippen LogP contribution in [0.25, 0.3) is 0 Å². The van der Waals surface area contributed by atoms with E-state index in [0.29, 0.717) is 30.9 Å². The molecule has 1 amide bonds. The van der Waals surface area contributed by atoms with Gasteiger partial charge in [-0.2, -0.15) is 0 Å². The van der Waals surface area contributed by atoms with Gasteiger partial charge < -0.3 is 15.6 Å². The van der Waals surface area contributed by atoms with Gasteiger partial charge in [0.05, 0.1) is 12.1 Å². The number of amides is 1. The number of aromatic nitrogens is 3. The molecule has 0 aliphatic rings. The summed E-state index contributed by atoms with van der Waals surface area (Å²) in [5, 5.41) is 2.96. The Morgan fingerprint density at radius 3 is 2.50 bits per heavy atom. The molecular formula is C27H27N5O2. The fraction of sp³-hybridized carbons (Fsp3) is 0.185. The van der Waals surface area contributed by atoms with E-state index in [1.807, 2.05) is 50.2 Å². The highest BCUT2D eigenvalue weighted by molar-refractivity contribution is 5.94. The van der Waals surface area contributed by atoms with E-state index in [-0.39, 0.29) is 11.5 Å². The van der Waals surface area contributed by atoms with Crippen molar-refractivity contribution in [3.8, 4) is 0 Å². The summed E-state index contributed by atoms with van der Waals surface area (Å²) >= 11 is 0. The number of rotatable bonds is 7. The van der Waals surface area contributed by atoms with Gasteiger partial charge in [0.25, 0.3) is 11.5 Å². The standard InChI is InChI=1S/C27H27N5O2/c1-18-11-25(28)31-19(2)24(18)16-30-27(34)23-13-22(14-29-15-23)12-20-6-8-21(9-7-20)17-32-10-4-3-5-26(32)33/h3-11,13-15H,12,16-17H2,1-2H3,(H2,28,31)(H,30,34). The van der Waals surface area contributed by atoms with Gasteiger partial charge in [-0.1, -0.05) is 30.3 Å². The van der Waals surface area contributed by atoms with E-state index in [9.17, 15) is 9.59 Å². The van der Waals surface area contributed by atoms with Crippen molar-refractivity contribution >= 4 is 11.7 Å². The molecule has 1 aromatic carbocycles. The molecule has 4 aromatic rings. The summed E-state index contributed by atoms with van der Waals surface area (Å²) < 4.78 is 1.67. The van der Waals surface area contributed by atoms with E-state index in [2.05, 4.69) is 15.3 Å². The molecule has 0 radical (unpaired) electrons. The number of aryl methyl sites for hydroxylation is 2. The average molecular weight is 454 g/mol. The minimum Gasteiger partial charge on any atom is -0.384 e. The molecule has 3 aromatic heterocycles. The fourth-order valence-electron chi connectivity index (χ4n) is 3.92. The van der Waals surface area contributed by atoms with Crippen LogP contribution in [0, 0.1) is 13.8 Å². The van der Waals surface area contributed by atoms with Gasteiger partial charge in [-0.25, -0.2) is 4.98 Å². The second kappa shape index (κ2) is 10.1. The number of nitrogens with zero attached hydrogens (tertiary/aromatic N) is 3. The smallest absolute Gasteiger partial charge is 0.253 e. The molecule has 0 aliphatic heterocycles. The largest absolute Gasteiger partial charge is 0.384 e. The summed E-state index contributed by atoms with van der Waals surface area (Å²) in [6.07, 6.45) is 5.78. The molecule has 0 fully saturated rings. The molecule has 0 unspecified atom stereocenters. The number of hydrogen-bond donors (Lipinski definition) is 2. The zero-order chi connectivity index (χ0) is 24.1.